The van der Waals surface area contributed by atoms with E-state index in [1.165, 1.54) is 4.31 Å². The monoisotopic (exact) mass is 234 g/mol. The second-order valence-electron chi connectivity index (χ2n) is 4.17. The highest BCUT2D eigenvalue weighted by molar-refractivity contribution is 7.89. The molecule has 2 N–H and O–H groups in total. The van der Waals surface area contributed by atoms with E-state index in [1.807, 2.05) is 0 Å². The number of nitrogens with two attached hydrogens (primary N) is 1. The summed E-state index contributed by atoms with van der Waals surface area (Å²) in [6.45, 7) is 4.15. The van der Waals surface area contributed by atoms with Crippen molar-refractivity contribution < 1.29 is 13.2 Å². The van der Waals surface area contributed by atoms with E-state index in [1.54, 1.807) is 13.8 Å². The van der Waals surface area contributed by atoms with Crippen molar-refractivity contribution in [1.29, 1.82) is 0 Å². The Kier molecular flexibility index (Phi) is 3.72. The number of rotatable bonds is 3. The Bertz CT molecular complexity index is 329. The standard InChI is InChI=1S/C9H18N2O3S/c1-7(2)15(13,14)11-5-3-8(4-6-11)9(10)12/h7-8H,3-6H2,1-2H3,(H2,10,12). The fourth-order valence-corrected chi connectivity index (χ4v) is 3.01. The third kappa shape index (κ3) is 2.69. The molecule has 1 aliphatic rings. The summed E-state index contributed by atoms with van der Waals surface area (Å²) in [4.78, 5) is 10.9. The Balaban J connectivity index is 2.62. The van der Waals surface area contributed by atoms with Gasteiger partial charge in [-0.15, -0.1) is 0 Å². The molecule has 0 unspecified atom stereocenters. The Morgan fingerprint density at radius 2 is 1.80 bits per heavy atom. The zero-order valence-electron chi connectivity index (χ0n) is 9.14. The third-order valence-electron chi connectivity index (χ3n) is 2.81. The normalized spacial score (nSPS) is 20.7. The van der Waals surface area contributed by atoms with Gasteiger partial charge >= 0.3 is 0 Å². The molecule has 0 aromatic carbocycles. The van der Waals surface area contributed by atoms with Crippen molar-refractivity contribution in [2.24, 2.45) is 11.7 Å². The summed E-state index contributed by atoms with van der Waals surface area (Å²) in [6.07, 6.45) is 1.09. The highest BCUT2D eigenvalue weighted by Crippen LogP contribution is 2.20. The Labute approximate surface area is 90.7 Å². The second kappa shape index (κ2) is 4.49. The van der Waals surface area contributed by atoms with E-state index in [0.29, 0.717) is 25.9 Å². The largest absolute Gasteiger partial charge is 0.369 e. The van der Waals surface area contributed by atoms with Gasteiger partial charge in [-0.25, -0.2) is 12.7 Å². The average molecular weight is 234 g/mol. The molecule has 0 atom stereocenters. The third-order valence-corrected chi connectivity index (χ3v) is 5.09. The van der Waals surface area contributed by atoms with Crippen LogP contribution in [0.3, 0.4) is 0 Å². The predicted octanol–water partition coefficient (Wildman–Crippen LogP) is -0.0781. The first kappa shape index (κ1) is 12.4. The van der Waals surface area contributed by atoms with E-state index >= 15 is 0 Å². The molecule has 1 aliphatic heterocycles. The molecule has 1 saturated heterocycles. The maximum atomic E-state index is 11.8. The number of nitrogens with zero attached hydrogens (tertiary/aromatic N) is 1. The lowest BCUT2D eigenvalue weighted by Crippen LogP contribution is -2.44. The van der Waals surface area contributed by atoms with Crippen LogP contribution in [0.25, 0.3) is 0 Å². The molecule has 0 aromatic rings. The van der Waals surface area contributed by atoms with E-state index in [4.69, 9.17) is 5.73 Å². The molecule has 6 heteroatoms. The number of carbonyl (C=O) groups is 1. The zero-order chi connectivity index (χ0) is 11.6. The van der Waals surface area contributed by atoms with Gasteiger partial charge < -0.3 is 5.73 Å². The average Bonchev–Trinajstić information content (AvgIpc) is 2.17. The minimum atomic E-state index is -3.17. The molecule has 5 nitrogen and oxygen atoms in total. The number of primary amides is 1. The van der Waals surface area contributed by atoms with E-state index in [-0.39, 0.29) is 11.8 Å². The van der Waals surface area contributed by atoms with Crippen LogP contribution in [0.1, 0.15) is 26.7 Å². The molecule has 0 saturated carbocycles. The molecule has 15 heavy (non-hydrogen) atoms. The number of sulfonamides is 1. The molecule has 0 aliphatic carbocycles. The summed E-state index contributed by atoms with van der Waals surface area (Å²) < 4.78 is 25.0. The lowest BCUT2D eigenvalue weighted by molar-refractivity contribution is -0.122. The maximum Gasteiger partial charge on any atom is 0.220 e. The molecular weight excluding hydrogens is 216 g/mol. The van der Waals surface area contributed by atoms with Crippen LogP contribution in [0.5, 0.6) is 0 Å². The molecule has 0 bridgehead atoms. The number of hydrogen-bond donors (Lipinski definition) is 1. The summed E-state index contributed by atoms with van der Waals surface area (Å²) in [5, 5.41) is -0.400. The first-order valence-electron chi connectivity index (χ1n) is 5.14. The van der Waals surface area contributed by atoms with Crippen molar-refractivity contribution in [3.8, 4) is 0 Å². The maximum absolute atomic E-state index is 11.8. The molecule has 88 valence electrons. The van der Waals surface area contributed by atoms with Gasteiger partial charge in [0.2, 0.25) is 15.9 Å². The lowest BCUT2D eigenvalue weighted by Gasteiger charge is -2.30. The molecule has 1 rings (SSSR count). The van der Waals surface area contributed by atoms with E-state index < -0.39 is 15.3 Å². The fourth-order valence-electron chi connectivity index (χ4n) is 1.69. The van der Waals surface area contributed by atoms with Gasteiger partial charge in [0.25, 0.3) is 0 Å². The fraction of sp³-hybridized carbons (Fsp3) is 0.889. The zero-order valence-corrected chi connectivity index (χ0v) is 9.96. The van der Waals surface area contributed by atoms with Crippen LogP contribution in [-0.2, 0) is 14.8 Å². The van der Waals surface area contributed by atoms with Crippen molar-refractivity contribution in [1.82, 2.24) is 4.31 Å². The molecule has 1 heterocycles. The summed E-state index contributed by atoms with van der Waals surface area (Å²) in [5.74, 6) is -0.486. The van der Waals surface area contributed by atoms with Crippen molar-refractivity contribution in [3.05, 3.63) is 0 Å². The summed E-state index contributed by atoms with van der Waals surface area (Å²) in [5.41, 5.74) is 5.17. The topological polar surface area (TPSA) is 80.5 Å². The Hall–Kier alpha value is -0.620. The van der Waals surface area contributed by atoms with Crippen LogP contribution in [-0.4, -0.2) is 37.0 Å². The lowest BCUT2D eigenvalue weighted by atomic mass is 9.98. The minimum absolute atomic E-state index is 0.163. The van der Waals surface area contributed by atoms with Crippen LogP contribution in [0.4, 0.5) is 0 Å². The molecule has 1 amide bonds. The first-order chi connectivity index (χ1) is 6.85. The van der Waals surface area contributed by atoms with Gasteiger partial charge in [-0.3, -0.25) is 4.79 Å². The van der Waals surface area contributed by atoms with Crippen molar-refractivity contribution in [2.75, 3.05) is 13.1 Å². The SMILES string of the molecule is CC(C)S(=O)(=O)N1CCC(C(N)=O)CC1. The molecule has 1 fully saturated rings. The first-order valence-corrected chi connectivity index (χ1v) is 6.64. The number of amides is 1. The summed E-state index contributed by atoms with van der Waals surface area (Å²) >= 11 is 0. The van der Waals surface area contributed by atoms with Gasteiger partial charge in [-0.05, 0) is 26.7 Å². The molecule has 0 aromatic heterocycles. The number of carbonyl (C=O) groups excluding carboxylic acids is 1. The minimum Gasteiger partial charge on any atom is -0.369 e. The summed E-state index contributed by atoms with van der Waals surface area (Å²) in [6, 6.07) is 0. The van der Waals surface area contributed by atoms with Crippen LogP contribution in [0.15, 0.2) is 0 Å². The number of hydrogen-bond acceptors (Lipinski definition) is 3. The Morgan fingerprint density at radius 3 is 2.13 bits per heavy atom. The smallest absolute Gasteiger partial charge is 0.220 e. The van der Waals surface area contributed by atoms with Gasteiger partial charge in [0.1, 0.15) is 0 Å². The van der Waals surface area contributed by atoms with Crippen LogP contribution < -0.4 is 5.73 Å². The molecular formula is C9H18N2O3S. The predicted molar refractivity (Wildman–Crippen MR) is 57.5 cm³/mol. The highest BCUT2D eigenvalue weighted by Gasteiger charge is 2.31. The number of piperidine rings is 1. The highest BCUT2D eigenvalue weighted by atomic mass is 32.2. The van der Waals surface area contributed by atoms with Gasteiger partial charge in [-0.2, -0.15) is 0 Å². The van der Waals surface area contributed by atoms with Gasteiger partial charge in [0, 0.05) is 19.0 Å². The van der Waals surface area contributed by atoms with E-state index in [9.17, 15) is 13.2 Å². The van der Waals surface area contributed by atoms with Gasteiger partial charge in [-0.1, -0.05) is 0 Å². The Morgan fingerprint density at radius 1 is 1.33 bits per heavy atom. The molecule has 0 spiro atoms. The second-order valence-corrected chi connectivity index (χ2v) is 6.66. The van der Waals surface area contributed by atoms with Crippen molar-refractivity contribution in [2.45, 2.75) is 31.9 Å². The van der Waals surface area contributed by atoms with E-state index in [2.05, 4.69) is 0 Å². The van der Waals surface area contributed by atoms with Crippen molar-refractivity contribution in [3.63, 3.8) is 0 Å². The van der Waals surface area contributed by atoms with Gasteiger partial charge in [0.15, 0.2) is 0 Å². The van der Waals surface area contributed by atoms with Crippen molar-refractivity contribution >= 4 is 15.9 Å². The summed E-state index contributed by atoms with van der Waals surface area (Å²) in [7, 11) is -3.17. The quantitative estimate of drug-likeness (QED) is 0.741. The van der Waals surface area contributed by atoms with E-state index in [0.717, 1.165) is 0 Å². The van der Waals surface area contributed by atoms with Gasteiger partial charge in [0.05, 0.1) is 5.25 Å². The van der Waals surface area contributed by atoms with Crippen LogP contribution >= 0.6 is 0 Å². The van der Waals surface area contributed by atoms with Crippen LogP contribution in [0, 0.1) is 5.92 Å². The van der Waals surface area contributed by atoms with Crippen LogP contribution in [0.2, 0.25) is 0 Å². The molecule has 0 radical (unpaired) electrons.